The van der Waals surface area contributed by atoms with Gasteiger partial charge in [-0.25, -0.2) is 4.98 Å². The number of aromatic nitrogens is 2. The first-order valence-electron chi connectivity index (χ1n) is 9.86. The fourth-order valence-electron chi connectivity index (χ4n) is 3.85. The molecule has 5 heteroatoms. The SMILES string of the molecule is CC1Cc2ccccc2N1c1nc(NCc2ccco2)cc(-c2ccccc2)n1. The van der Waals surface area contributed by atoms with E-state index >= 15 is 0 Å². The van der Waals surface area contributed by atoms with Crippen molar-refractivity contribution < 1.29 is 4.42 Å². The molecule has 2 aromatic carbocycles. The molecule has 5 nitrogen and oxygen atoms in total. The molecule has 0 bridgehead atoms. The van der Waals surface area contributed by atoms with Crippen molar-refractivity contribution in [2.24, 2.45) is 0 Å². The molecule has 0 radical (unpaired) electrons. The monoisotopic (exact) mass is 382 g/mol. The lowest BCUT2D eigenvalue weighted by atomic mass is 10.1. The molecule has 0 amide bonds. The highest BCUT2D eigenvalue weighted by atomic mass is 16.3. The molecule has 29 heavy (non-hydrogen) atoms. The summed E-state index contributed by atoms with van der Waals surface area (Å²) < 4.78 is 5.45. The molecule has 1 atom stereocenters. The molecule has 3 heterocycles. The van der Waals surface area contributed by atoms with E-state index in [1.807, 2.05) is 36.4 Å². The average Bonchev–Trinajstić information content (AvgIpc) is 3.39. The largest absolute Gasteiger partial charge is 0.467 e. The van der Waals surface area contributed by atoms with Crippen LogP contribution in [-0.2, 0) is 13.0 Å². The van der Waals surface area contributed by atoms with Gasteiger partial charge in [0.2, 0.25) is 5.95 Å². The lowest BCUT2D eigenvalue weighted by Crippen LogP contribution is -2.26. The first kappa shape index (κ1) is 17.5. The second-order valence-electron chi connectivity index (χ2n) is 7.29. The lowest BCUT2D eigenvalue weighted by Gasteiger charge is -2.24. The third-order valence-electron chi connectivity index (χ3n) is 5.23. The summed E-state index contributed by atoms with van der Waals surface area (Å²) in [6.45, 7) is 2.79. The zero-order chi connectivity index (χ0) is 19.6. The highest BCUT2D eigenvalue weighted by molar-refractivity contribution is 5.71. The quantitative estimate of drug-likeness (QED) is 0.499. The molecule has 0 spiro atoms. The van der Waals surface area contributed by atoms with Crippen molar-refractivity contribution in [2.75, 3.05) is 10.2 Å². The molecule has 1 unspecified atom stereocenters. The maximum absolute atomic E-state index is 5.45. The number of benzene rings is 2. The fraction of sp³-hybridized carbons (Fsp3) is 0.167. The van der Waals surface area contributed by atoms with E-state index in [1.165, 1.54) is 11.3 Å². The number of nitrogens with one attached hydrogen (secondary N) is 1. The van der Waals surface area contributed by atoms with Crippen LogP contribution in [0.1, 0.15) is 18.2 Å². The summed E-state index contributed by atoms with van der Waals surface area (Å²) in [5.74, 6) is 2.36. The van der Waals surface area contributed by atoms with E-state index in [9.17, 15) is 0 Å². The van der Waals surface area contributed by atoms with Crippen molar-refractivity contribution in [3.8, 4) is 11.3 Å². The summed E-state index contributed by atoms with van der Waals surface area (Å²) in [6, 6.07) is 24.8. The van der Waals surface area contributed by atoms with Crippen molar-refractivity contribution in [1.82, 2.24) is 9.97 Å². The van der Waals surface area contributed by atoms with Gasteiger partial charge in [-0.3, -0.25) is 0 Å². The maximum atomic E-state index is 5.45. The summed E-state index contributed by atoms with van der Waals surface area (Å²) in [5, 5.41) is 3.39. The van der Waals surface area contributed by atoms with Crippen molar-refractivity contribution in [2.45, 2.75) is 25.9 Å². The predicted octanol–water partition coefficient (Wildman–Crippen LogP) is 5.43. The van der Waals surface area contributed by atoms with Gasteiger partial charge >= 0.3 is 0 Å². The first-order chi connectivity index (χ1) is 14.3. The lowest BCUT2D eigenvalue weighted by molar-refractivity contribution is 0.518. The van der Waals surface area contributed by atoms with E-state index in [0.717, 1.165) is 29.3 Å². The van der Waals surface area contributed by atoms with Crippen LogP contribution in [0.25, 0.3) is 11.3 Å². The second-order valence-corrected chi connectivity index (χ2v) is 7.29. The van der Waals surface area contributed by atoms with Gasteiger partial charge in [0.15, 0.2) is 0 Å². The number of para-hydroxylation sites is 1. The van der Waals surface area contributed by atoms with Gasteiger partial charge in [-0.15, -0.1) is 0 Å². The fourth-order valence-corrected chi connectivity index (χ4v) is 3.85. The van der Waals surface area contributed by atoms with E-state index in [1.54, 1.807) is 6.26 Å². The summed E-state index contributed by atoms with van der Waals surface area (Å²) in [5.41, 5.74) is 4.48. The topological polar surface area (TPSA) is 54.2 Å². The number of fused-ring (bicyclic) bond motifs is 1. The summed E-state index contributed by atoms with van der Waals surface area (Å²) in [7, 11) is 0. The Morgan fingerprint density at radius 3 is 2.66 bits per heavy atom. The Kier molecular flexibility index (Phi) is 4.48. The van der Waals surface area contributed by atoms with Crippen LogP contribution in [0.15, 0.2) is 83.5 Å². The zero-order valence-electron chi connectivity index (χ0n) is 16.2. The minimum atomic E-state index is 0.302. The van der Waals surface area contributed by atoms with Gasteiger partial charge in [0.25, 0.3) is 0 Å². The third-order valence-corrected chi connectivity index (χ3v) is 5.23. The van der Waals surface area contributed by atoms with Crippen LogP contribution in [-0.4, -0.2) is 16.0 Å². The Bertz CT molecular complexity index is 1110. The van der Waals surface area contributed by atoms with Crippen molar-refractivity contribution in [1.29, 1.82) is 0 Å². The van der Waals surface area contributed by atoms with Crippen LogP contribution in [0, 0.1) is 0 Å². The molecular formula is C24H22N4O. The van der Waals surface area contributed by atoms with Gasteiger partial charge in [0.1, 0.15) is 11.6 Å². The van der Waals surface area contributed by atoms with E-state index in [0.29, 0.717) is 18.5 Å². The molecule has 0 aliphatic carbocycles. The molecule has 0 saturated carbocycles. The van der Waals surface area contributed by atoms with Crippen LogP contribution in [0.2, 0.25) is 0 Å². The third kappa shape index (κ3) is 3.47. The predicted molar refractivity (Wildman–Crippen MR) is 115 cm³/mol. The molecular weight excluding hydrogens is 360 g/mol. The van der Waals surface area contributed by atoms with E-state index in [4.69, 9.17) is 14.4 Å². The number of nitrogens with zero attached hydrogens (tertiary/aromatic N) is 3. The minimum Gasteiger partial charge on any atom is -0.467 e. The molecule has 2 aromatic heterocycles. The smallest absolute Gasteiger partial charge is 0.232 e. The van der Waals surface area contributed by atoms with Crippen LogP contribution in [0.5, 0.6) is 0 Å². The Hall–Kier alpha value is -3.60. The zero-order valence-corrected chi connectivity index (χ0v) is 16.2. The van der Waals surface area contributed by atoms with Gasteiger partial charge in [-0.1, -0.05) is 48.5 Å². The van der Waals surface area contributed by atoms with Gasteiger partial charge in [0.05, 0.1) is 18.5 Å². The summed E-state index contributed by atoms with van der Waals surface area (Å²) in [4.78, 5) is 12.0. The number of hydrogen-bond acceptors (Lipinski definition) is 5. The minimum absolute atomic E-state index is 0.302. The number of rotatable bonds is 5. The molecule has 4 aromatic rings. The Morgan fingerprint density at radius 1 is 1.00 bits per heavy atom. The number of hydrogen-bond donors (Lipinski definition) is 1. The maximum Gasteiger partial charge on any atom is 0.232 e. The average molecular weight is 382 g/mol. The Labute approximate surface area is 170 Å². The molecule has 5 rings (SSSR count). The molecule has 0 fully saturated rings. The van der Waals surface area contributed by atoms with Crippen LogP contribution in [0.4, 0.5) is 17.5 Å². The molecule has 0 saturated heterocycles. The Balaban J connectivity index is 1.56. The van der Waals surface area contributed by atoms with Crippen molar-refractivity contribution in [3.05, 3.63) is 90.4 Å². The first-order valence-corrected chi connectivity index (χ1v) is 9.86. The molecule has 1 aliphatic rings. The van der Waals surface area contributed by atoms with Crippen molar-refractivity contribution >= 4 is 17.5 Å². The highest BCUT2D eigenvalue weighted by Gasteiger charge is 2.29. The van der Waals surface area contributed by atoms with E-state index in [2.05, 4.69) is 53.5 Å². The standard InChI is InChI=1S/C24H22N4O/c1-17-14-19-10-5-6-12-22(19)28(17)24-26-21(18-8-3-2-4-9-18)15-23(27-24)25-16-20-11-7-13-29-20/h2-13,15,17H,14,16H2,1H3,(H,25,26,27). The summed E-state index contributed by atoms with van der Waals surface area (Å²) >= 11 is 0. The second kappa shape index (κ2) is 7.43. The molecule has 1 N–H and O–H groups in total. The highest BCUT2D eigenvalue weighted by Crippen LogP contribution is 2.37. The normalized spacial score (nSPS) is 15.3. The number of anilines is 3. The molecule has 144 valence electrons. The van der Waals surface area contributed by atoms with Gasteiger partial charge in [0, 0.05) is 23.4 Å². The van der Waals surface area contributed by atoms with Gasteiger partial charge in [-0.2, -0.15) is 4.98 Å². The van der Waals surface area contributed by atoms with Crippen LogP contribution >= 0.6 is 0 Å². The van der Waals surface area contributed by atoms with E-state index in [-0.39, 0.29) is 0 Å². The van der Waals surface area contributed by atoms with Gasteiger partial charge < -0.3 is 14.6 Å². The molecule has 1 aliphatic heterocycles. The van der Waals surface area contributed by atoms with Crippen LogP contribution < -0.4 is 10.2 Å². The van der Waals surface area contributed by atoms with Gasteiger partial charge in [-0.05, 0) is 37.1 Å². The van der Waals surface area contributed by atoms with Crippen LogP contribution in [0.3, 0.4) is 0 Å². The summed E-state index contributed by atoms with van der Waals surface area (Å²) in [6.07, 6.45) is 2.67. The Morgan fingerprint density at radius 2 is 1.83 bits per heavy atom. The van der Waals surface area contributed by atoms with E-state index < -0.39 is 0 Å². The van der Waals surface area contributed by atoms with Crippen molar-refractivity contribution in [3.63, 3.8) is 0 Å². The number of furan rings is 1.